The molecule has 236 valence electrons. The van der Waals surface area contributed by atoms with Crippen molar-refractivity contribution in [1.29, 1.82) is 0 Å². The molecule has 40 heavy (non-hydrogen) atoms. The van der Waals surface area contributed by atoms with E-state index in [0.717, 1.165) is 19.3 Å². The SMILES string of the molecule is CC[C@@H](C)C1O[C@H](OC2C(C)[C@@H](O[C@@H]3C(C)C(C)OC([C@H](C)CC)[C@H]3C)O[C@@H]([C@H](C)CC)[C@H]2C)C(C)[C@@H](C)[C@@H]1C. The second-order valence-corrected chi connectivity index (χ2v) is 14.6. The second-order valence-electron chi connectivity index (χ2n) is 14.6. The first-order valence-electron chi connectivity index (χ1n) is 17.1. The summed E-state index contributed by atoms with van der Waals surface area (Å²) < 4.78 is 34.4. The minimum absolute atomic E-state index is 0.0108. The molecule has 3 heterocycles. The number of hydrogen-bond acceptors (Lipinski definition) is 5. The highest BCUT2D eigenvalue weighted by Crippen LogP contribution is 2.45. The van der Waals surface area contributed by atoms with E-state index < -0.39 is 0 Å². The third-order valence-corrected chi connectivity index (χ3v) is 12.0. The van der Waals surface area contributed by atoms with Gasteiger partial charge >= 0.3 is 0 Å². The average Bonchev–Trinajstić information content (AvgIpc) is 2.94. The number of ether oxygens (including phenoxy) is 5. The van der Waals surface area contributed by atoms with Gasteiger partial charge in [0.2, 0.25) is 0 Å². The van der Waals surface area contributed by atoms with Crippen LogP contribution in [0.1, 0.15) is 116 Å². The Balaban J connectivity index is 1.87. The molecular weight excluding hydrogens is 500 g/mol. The van der Waals surface area contributed by atoms with E-state index in [4.69, 9.17) is 23.7 Å². The molecule has 7 unspecified atom stereocenters. The molecule has 3 saturated heterocycles. The first-order valence-corrected chi connectivity index (χ1v) is 17.1. The van der Waals surface area contributed by atoms with Gasteiger partial charge in [-0.15, -0.1) is 0 Å². The minimum atomic E-state index is -0.307. The predicted octanol–water partition coefficient (Wildman–Crippen LogP) is 8.58. The standard InChI is InChI=1S/C35H66O5/c1-15-18(4)29-22(8)21(7)23(9)34(37-29)40-33-26(12)31(20(6)17-3)38-35(27(33)13)39-32-24(10)28(14)36-30(25(32)11)19(5)16-2/h18-35H,15-17H2,1-14H3/t18-,19-,20-,21+,22+,23?,24?,25-,26-,27?,28?,29?,30?,31+,32-,33?,34-,35-/m1/s1. The van der Waals surface area contributed by atoms with E-state index >= 15 is 0 Å². The molecule has 3 rings (SSSR count). The van der Waals surface area contributed by atoms with E-state index in [1.165, 1.54) is 0 Å². The molecule has 0 aromatic carbocycles. The molecule has 5 heteroatoms. The maximum atomic E-state index is 7.10. The van der Waals surface area contributed by atoms with Crippen LogP contribution in [0.25, 0.3) is 0 Å². The zero-order chi connectivity index (χ0) is 30.0. The maximum absolute atomic E-state index is 7.10. The van der Waals surface area contributed by atoms with Crippen LogP contribution in [-0.2, 0) is 23.7 Å². The van der Waals surface area contributed by atoms with Crippen LogP contribution in [0.2, 0.25) is 0 Å². The largest absolute Gasteiger partial charge is 0.374 e. The molecule has 0 aliphatic carbocycles. The van der Waals surface area contributed by atoms with Gasteiger partial charge in [-0.2, -0.15) is 0 Å². The van der Waals surface area contributed by atoms with Crippen LogP contribution in [0.3, 0.4) is 0 Å². The van der Waals surface area contributed by atoms with Crippen LogP contribution in [0, 0.1) is 59.2 Å². The van der Waals surface area contributed by atoms with Crippen molar-refractivity contribution < 1.29 is 23.7 Å². The van der Waals surface area contributed by atoms with E-state index in [1.807, 2.05) is 0 Å². The van der Waals surface area contributed by atoms with Gasteiger partial charge in [0.05, 0.1) is 36.6 Å². The Kier molecular flexibility index (Phi) is 12.4. The Morgan fingerprint density at radius 1 is 0.450 bits per heavy atom. The van der Waals surface area contributed by atoms with Crippen LogP contribution >= 0.6 is 0 Å². The lowest BCUT2D eigenvalue weighted by Gasteiger charge is -2.52. The van der Waals surface area contributed by atoms with E-state index in [0.29, 0.717) is 47.3 Å². The van der Waals surface area contributed by atoms with Crippen LogP contribution < -0.4 is 0 Å². The molecule has 0 aromatic heterocycles. The van der Waals surface area contributed by atoms with Gasteiger partial charge in [0.1, 0.15) is 0 Å². The van der Waals surface area contributed by atoms with Gasteiger partial charge in [-0.1, -0.05) is 109 Å². The second kappa shape index (κ2) is 14.5. The molecule has 0 spiro atoms. The van der Waals surface area contributed by atoms with E-state index in [1.54, 1.807) is 0 Å². The fraction of sp³-hybridized carbons (Fsp3) is 1.00. The first kappa shape index (κ1) is 34.3. The van der Waals surface area contributed by atoms with Crippen molar-refractivity contribution >= 4 is 0 Å². The molecule has 0 amide bonds. The van der Waals surface area contributed by atoms with Crippen LogP contribution in [0.15, 0.2) is 0 Å². The monoisotopic (exact) mass is 566 g/mol. The van der Waals surface area contributed by atoms with Crippen LogP contribution in [0.5, 0.6) is 0 Å². The molecule has 3 fully saturated rings. The highest BCUT2D eigenvalue weighted by atomic mass is 16.7. The summed E-state index contributed by atoms with van der Waals surface area (Å²) in [5.74, 6) is 3.80. The summed E-state index contributed by atoms with van der Waals surface area (Å²) in [6.07, 6.45) is 3.57. The third kappa shape index (κ3) is 6.95. The van der Waals surface area contributed by atoms with Gasteiger partial charge in [0.15, 0.2) is 12.6 Å². The lowest BCUT2D eigenvalue weighted by atomic mass is 9.75. The van der Waals surface area contributed by atoms with Crippen molar-refractivity contribution in [3.05, 3.63) is 0 Å². The van der Waals surface area contributed by atoms with E-state index in [9.17, 15) is 0 Å². The summed E-state index contributed by atoms with van der Waals surface area (Å²) in [5, 5.41) is 0. The van der Waals surface area contributed by atoms with Gasteiger partial charge < -0.3 is 23.7 Å². The molecule has 3 aliphatic rings. The molecule has 18 atom stereocenters. The van der Waals surface area contributed by atoms with Gasteiger partial charge in [0, 0.05) is 29.6 Å². The van der Waals surface area contributed by atoms with Crippen molar-refractivity contribution in [3.8, 4) is 0 Å². The smallest absolute Gasteiger partial charge is 0.163 e. The van der Waals surface area contributed by atoms with Crippen molar-refractivity contribution in [2.75, 3.05) is 0 Å². The molecule has 0 aromatic rings. The van der Waals surface area contributed by atoms with Crippen molar-refractivity contribution in [1.82, 2.24) is 0 Å². The molecule has 3 aliphatic heterocycles. The van der Waals surface area contributed by atoms with Crippen molar-refractivity contribution in [3.63, 3.8) is 0 Å². The Labute approximate surface area is 248 Å². The van der Waals surface area contributed by atoms with Crippen molar-refractivity contribution in [2.45, 2.75) is 165 Å². The predicted molar refractivity (Wildman–Crippen MR) is 164 cm³/mol. The van der Waals surface area contributed by atoms with E-state index in [2.05, 4.69) is 96.9 Å². The third-order valence-electron chi connectivity index (χ3n) is 12.0. The Bertz CT molecular complexity index is 760. The van der Waals surface area contributed by atoms with Gasteiger partial charge in [0.25, 0.3) is 0 Å². The summed E-state index contributed by atoms with van der Waals surface area (Å²) in [4.78, 5) is 0. The zero-order valence-electron chi connectivity index (χ0n) is 28.6. The Morgan fingerprint density at radius 3 is 1.27 bits per heavy atom. The molecule has 0 bridgehead atoms. The molecule has 0 radical (unpaired) electrons. The fourth-order valence-corrected chi connectivity index (χ4v) is 7.85. The average molecular weight is 567 g/mol. The summed E-state index contributed by atoms with van der Waals surface area (Å²) in [6, 6.07) is 0. The summed E-state index contributed by atoms with van der Waals surface area (Å²) in [5.41, 5.74) is 0. The van der Waals surface area contributed by atoms with Crippen molar-refractivity contribution in [2.24, 2.45) is 59.2 Å². The lowest BCUT2D eigenvalue weighted by molar-refractivity contribution is -0.344. The zero-order valence-corrected chi connectivity index (χ0v) is 28.6. The molecule has 0 N–H and O–H groups in total. The van der Waals surface area contributed by atoms with Crippen LogP contribution in [0.4, 0.5) is 0 Å². The fourth-order valence-electron chi connectivity index (χ4n) is 7.85. The molecule has 5 nitrogen and oxygen atoms in total. The summed E-state index contributed by atoms with van der Waals surface area (Å²) >= 11 is 0. The highest BCUT2D eigenvalue weighted by Gasteiger charge is 2.51. The van der Waals surface area contributed by atoms with E-state index in [-0.39, 0.29) is 61.0 Å². The lowest BCUT2D eigenvalue weighted by Crippen LogP contribution is -2.59. The maximum Gasteiger partial charge on any atom is 0.163 e. The number of hydrogen-bond donors (Lipinski definition) is 0. The number of rotatable bonds is 10. The minimum Gasteiger partial charge on any atom is -0.374 e. The molecule has 0 saturated carbocycles. The van der Waals surface area contributed by atoms with Crippen LogP contribution in [-0.4, -0.2) is 49.2 Å². The summed E-state index contributed by atoms with van der Waals surface area (Å²) in [6.45, 7) is 32.2. The topological polar surface area (TPSA) is 46.2 Å². The van der Waals surface area contributed by atoms with Gasteiger partial charge in [-0.25, -0.2) is 0 Å². The van der Waals surface area contributed by atoms with Gasteiger partial charge in [-0.05, 0) is 36.5 Å². The summed E-state index contributed by atoms with van der Waals surface area (Å²) in [7, 11) is 0. The first-order chi connectivity index (χ1) is 18.8. The quantitative estimate of drug-likeness (QED) is 0.265. The normalized spacial score (nSPS) is 48.9. The highest BCUT2D eigenvalue weighted by molar-refractivity contribution is 4.94. The Morgan fingerprint density at radius 2 is 0.825 bits per heavy atom. The van der Waals surface area contributed by atoms with Gasteiger partial charge in [-0.3, -0.25) is 0 Å². The molecular formula is C35H66O5. The Hall–Kier alpha value is -0.200.